The molecule has 1 heterocycles. The number of rotatable bonds is 4. The van der Waals surface area contributed by atoms with E-state index in [9.17, 15) is 8.42 Å². The number of benzene rings is 1. The summed E-state index contributed by atoms with van der Waals surface area (Å²) in [6.45, 7) is 6.47. The van der Waals surface area contributed by atoms with Crippen molar-refractivity contribution in [1.82, 2.24) is 10.0 Å². The minimum atomic E-state index is -3.44. The highest BCUT2D eigenvalue weighted by Crippen LogP contribution is 2.27. The maximum atomic E-state index is 12.3. The van der Waals surface area contributed by atoms with Crippen LogP contribution in [0.4, 0.5) is 0 Å². The van der Waals surface area contributed by atoms with Gasteiger partial charge in [0.05, 0.1) is 4.90 Å². The van der Waals surface area contributed by atoms with Crippen LogP contribution in [0.3, 0.4) is 0 Å². The topological polar surface area (TPSA) is 58.2 Å². The summed E-state index contributed by atoms with van der Waals surface area (Å²) >= 11 is 3.38. The summed E-state index contributed by atoms with van der Waals surface area (Å²) in [5, 5.41) is 3.30. The van der Waals surface area contributed by atoms with E-state index in [-0.39, 0.29) is 5.41 Å². The molecule has 1 fully saturated rings. The Kier molecular flexibility index (Phi) is 4.89. The maximum absolute atomic E-state index is 12.3. The van der Waals surface area contributed by atoms with Crippen LogP contribution in [0, 0.1) is 12.3 Å². The zero-order chi connectivity index (χ0) is 14.8. The number of hydrogen-bond acceptors (Lipinski definition) is 3. The minimum absolute atomic E-state index is 0.0419. The Hall–Kier alpha value is -0.430. The zero-order valence-corrected chi connectivity index (χ0v) is 14.3. The molecule has 1 aromatic rings. The smallest absolute Gasteiger partial charge is 0.240 e. The monoisotopic (exact) mass is 360 g/mol. The van der Waals surface area contributed by atoms with Gasteiger partial charge in [0.2, 0.25) is 10.0 Å². The number of sulfonamides is 1. The fraction of sp³-hybridized carbons (Fsp3) is 0.571. The SMILES string of the molecule is Cc1ccc(S(=O)(=O)NCC2(C)CCNCC2)cc1Br. The Labute approximate surface area is 129 Å². The van der Waals surface area contributed by atoms with Gasteiger partial charge in [0.15, 0.2) is 0 Å². The minimum Gasteiger partial charge on any atom is -0.317 e. The van der Waals surface area contributed by atoms with Crippen molar-refractivity contribution in [2.45, 2.75) is 31.6 Å². The van der Waals surface area contributed by atoms with Crippen molar-refractivity contribution < 1.29 is 8.42 Å². The second-order valence-electron chi connectivity index (χ2n) is 5.80. The number of halogens is 1. The fourth-order valence-electron chi connectivity index (χ4n) is 2.30. The number of aryl methyl sites for hydroxylation is 1. The van der Waals surface area contributed by atoms with Gasteiger partial charge in [-0.15, -0.1) is 0 Å². The lowest BCUT2D eigenvalue weighted by Gasteiger charge is -2.34. The normalized spacial score (nSPS) is 18.9. The molecule has 0 spiro atoms. The molecule has 0 saturated carbocycles. The van der Waals surface area contributed by atoms with Crippen molar-refractivity contribution in [2.75, 3.05) is 19.6 Å². The van der Waals surface area contributed by atoms with Crippen LogP contribution in [0.15, 0.2) is 27.6 Å². The summed E-state index contributed by atoms with van der Waals surface area (Å²) < 4.78 is 28.2. The van der Waals surface area contributed by atoms with E-state index in [0.29, 0.717) is 11.4 Å². The van der Waals surface area contributed by atoms with Gasteiger partial charge in [-0.05, 0) is 56.0 Å². The van der Waals surface area contributed by atoms with E-state index in [0.717, 1.165) is 36.0 Å². The van der Waals surface area contributed by atoms with Gasteiger partial charge in [0, 0.05) is 11.0 Å². The number of nitrogens with one attached hydrogen (secondary N) is 2. The average Bonchev–Trinajstić information content (AvgIpc) is 2.41. The van der Waals surface area contributed by atoms with Gasteiger partial charge >= 0.3 is 0 Å². The first kappa shape index (κ1) is 15.9. The molecule has 4 nitrogen and oxygen atoms in total. The van der Waals surface area contributed by atoms with E-state index in [1.807, 2.05) is 13.0 Å². The summed E-state index contributed by atoms with van der Waals surface area (Å²) in [5.74, 6) is 0. The molecule has 1 aliphatic rings. The maximum Gasteiger partial charge on any atom is 0.240 e. The molecule has 1 aliphatic heterocycles. The standard InChI is InChI=1S/C14H21BrN2O2S/c1-11-3-4-12(9-13(11)15)20(18,19)17-10-14(2)5-7-16-8-6-14/h3-4,9,16-17H,5-8,10H2,1-2H3. The van der Waals surface area contributed by atoms with E-state index >= 15 is 0 Å². The third kappa shape index (κ3) is 3.81. The molecule has 112 valence electrons. The summed E-state index contributed by atoms with van der Waals surface area (Å²) in [5.41, 5.74) is 1.06. The Morgan fingerprint density at radius 3 is 2.60 bits per heavy atom. The highest BCUT2D eigenvalue weighted by Gasteiger charge is 2.28. The van der Waals surface area contributed by atoms with Crippen LogP contribution in [0.25, 0.3) is 0 Å². The van der Waals surface area contributed by atoms with Crippen LogP contribution < -0.4 is 10.0 Å². The van der Waals surface area contributed by atoms with Gasteiger partial charge in [0.1, 0.15) is 0 Å². The van der Waals surface area contributed by atoms with Crippen molar-refractivity contribution >= 4 is 26.0 Å². The molecular formula is C14H21BrN2O2S. The molecule has 2 N–H and O–H groups in total. The first-order valence-electron chi connectivity index (χ1n) is 6.79. The predicted octanol–water partition coefficient (Wildman–Crippen LogP) is 2.43. The van der Waals surface area contributed by atoms with Crippen LogP contribution in [0.1, 0.15) is 25.3 Å². The van der Waals surface area contributed by atoms with Crippen molar-refractivity contribution in [3.05, 3.63) is 28.2 Å². The average molecular weight is 361 g/mol. The molecule has 2 rings (SSSR count). The third-order valence-corrected chi connectivity index (χ3v) is 6.21. The molecule has 6 heteroatoms. The first-order chi connectivity index (χ1) is 9.32. The lowest BCUT2D eigenvalue weighted by Crippen LogP contribution is -2.42. The lowest BCUT2D eigenvalue weighted by atomic mass is 9.81. The molecule has 0 amide bonds. The highest BCUT2D eigenvalue weighted by molar-refractivity contribution is 9.10. The second-order valence-corrected chi connectivity index (χ2v) is 8.42. The Bertz CT molecular complexity index is 581. The molecule has 20 heavy (non-hydrogen) atoms. The second kappa shape index (κ2) is 6.13. The first-order valence-corrected chi connectivity index (χ1v) is 9.07. The van der Waals surface area contributed by atoms with Gasteiger partial charge in [-0.2, -0.15) is 0 Å². The van der Waals surface area contributed by atoms with E-state index in [1.54, 1.807) is 12.1 Å². The van der Waals surface area contributed by atoms with Crippen molar-refractivity contribution in [3.63, 3.8) is 0 Å². The Balaban J connectivity index is 2.09. The van der Waals surface area contributed by atoms with E-state index in [1.165, 1.54) is 0 Å². The molecule has 0 aliphatic carbocycles. The van der Waals surface area contributed by atoms with Crippen LogP contribution in [0.5, 0.6) is 0 Å². The van der Waals surface area contributed by atoms with Crippen molar-refractivity contribution in [2.24, 2.45) is 5.41 Å². The largest absolute Gasteiger partial charge is 0.317 e. The summed E-state index contributed by atoms with van der Waals surface area (Å²) in [6.07, 6.45) is 1.99. The molecule has 1 aromatic carbocycles. The van der Waals surface area contributed by atoms with E-state index in [2.05, 4.69) is 32.9 Å². The summed E-state index contributed by atoms with van der Waals surface area (Å²) in [6, 6.07) is 5.11. The lowest BCUT2D eigenvalue weighted by molar-refractivity contribution is 0.232. The Morgan fingerprint density at radius 1 is 1.35 bits per heavy atom. The van der Waals surface area contributed by atoms with Crippen LogP contribution in [0.2, 0.25) is 0 Å². The van der Waals surface area contributed by atoms with Gasteiger partial charge < -0.3 is 5.32 Å². The predicted molar refractivity (Wildman–Crippen MR) is 84.3 cm³/mol. The third-order valence-electron chi connectivity index (χ3n) is 3.95. The van der Waals surface area contributed by atoms with Crippen molar-refractivity contribution in [3.8, 4) is 0 Å². The molecule has 0 aromatic heterocycles. The van der Waals surface area contributed by atoms with Gasteiger partial charge in [-0.1, -0.05) is 28.9 Å². The highest BCUT2D eigenvalue weighted by atomic mass is 79.9. The van der Waals surface area contributed by atoms with Gasteiger partial charge in [0.25, 0.3) is 0 Å². The fourth-order valence-corrected chi connectivity index (χ4v) is 4.06. The van der Waals surface area contributed by atoms with Gasteiger partial charge in [-0.25, -0.2) is 13.1 Å². The van der Waals surface area contributed by atoms with Crippen LogP contribution in [-0.4, -0.2) is 28.1 Å². The zero-order valence-electron chi connectivity index (χ0n) is 11.9. The Morgan fingerprint density at radius 2 is 2.00 bits per heavy atom. The molecule has 1 saturated heterocycles. The molecule has 0 unspecified atom stereocenters. The molecular weight excluding hydrogens is 340 g/mol. The van der Waals surface area contributed by atoms with Crippen LogP contribution >= 0.6 is 15.9 Å². The van der Waals surface area contributed by atoms with Gasteiger partial charge in [-0.3, -0.25) is 0 Å². The van der Waals surface area contributed by atoms with Crippen LogP contribution in [-0.2, 0) is 10.0 Å². The van der Waals surface area contributed by atoms with E-state index < -0.39 is 10.0 Å². The summed E-state index contributed by atoms with van der Waals surface area (Å²) in [7, 11) is -3.44. The molecule has 0 bridgehead atoms. The number of hydrogen-bond donors (Lipinski definition) is 2. The molecule has 0 radical (unpaired) electrons. The van der Waals surface area contributed by atoms with E-state index in [4.69, 9.17) is 0 Å². The van der Waals surface area contributed by atoms with Crippen molar-refractivity contribution in [1.29, 1.82) is 0 Å². The molecule has 0 atom stereocenters. The quantitative estimate of drug-likeness (QED) is 0.866. The summed E-state index contributed by atoms with van der Waals surface area (Å²) in [4.78, 5) is 0.313. The number of piperidine rings is 1.